The first kappa shape index (κ1) is 75.1. The topological polar surface area (TPSA) is 78.9 Å². The molecule has 0 radical (unpaired) electrons. The Morgan fingerprint density at radius 2 is 0.500 bits per heavy atom. The van der Waals surface area contributed by atoms with Crippen LogP contribution in [-0.2, 0) is 28.6 Å². The van der Waals surface area contributed by atoms with Gasteiger partial charge in [0.25, 0.3) is 0 Å². The molecule has 0 aromatic rings. The van der Waals surface area contributed by atoms with E-state index < -0.39 is 6.10 Å². The molecule has 0 saturated heterocycles. The first-order valence-corrected chi connectivity index (χ1v) is 34.3. The van der Waals surface area contributed by atoms with Gasteiger partial charge in [-0.15, -0.1) is 0 Å². The van der Waals surface area contributed by atoms with Crippen LogP contribution in [0.15, 0.2) is 60.8 Å². The Morgan fingerprint density at radius 1 is 0.269 bits per heavy atom. The van der Waals surface area contributed by atoms with Crippen molar-refractivity contribution in [2.45, 2.75) is 367 Å². The highest BCUT2D eigenvalue weighted by molar-refractivity contribution is 5.71. The molecule has 0 amide bonds. The lowest BCUT2D eigenvalue weighted by Crippen LogP contribution is -2.30. The van der Waals surface area contributed by atoms with Gasteiger partial charge in [-0.2, -0.15) is 0 Å². The highest BCUT2D eigenvalue weighted by atomic mass is 16.6. The van der Waals surface area contributed by atoms with Crippen LogP contribution in [0.1, 0.15) is 361 Å². The van der Waals surface area contributed by atoms with Crippen molar-refractivity contribution in [2.75, 3.05) is 13.2 Å². The molecule has 6 nitrogen and oxygen atoms in total. The average molecular weight is 1090 g/mol. The summed E-state index contributed by atoms with van der Waals surface area (Å²) in [5, 5.41) is 0. The zero-order valence-corrected chi connectivity index (χ0v) is 52.2. The highest BCUT2D eigenvalue weighted by Gasteiger charge is 2.19. The minimum absolute atomic E-state index is 0.0830. The van der Waals surface area contributed by atoms with E-state index in [-0.39, 0.29) is 31.1 Å². The summed E-state index contributed by atoms with van der Waals surface area (Å²) in [5.74, 6) is -0.896. The summed E-state index contributed by atoms with van der Waals surface area (Å²) in [7, 11) is 0. The number of carbonyl (C=O) groups is 3. The van der Waals surface area contributed by atoms with Gasteiger partial charge >= 0.3 is 17.9 Å². The first-order chi connectivity index (χ1) is 38.5. The lowest BCUT2D eigenvalue weighted by molar-refractivity contribution is -0.167. The van der Waals surface area contributed by atoms with Gasteiger partial charge in [-0.3, -0.25) is 14.4 Å². The summed E-state index contributed by atoms with van der Waals surface area (Å²) in [4.78, 5) is 38.3. The van der Waals surface area contributed by atoms with E-state index in [1.807, 2.05) is 0 Å². The maximum atomic E-state index is 12.9. The third kappa shape index (κ3) is 63.9. The second-order valence-corrected chi connectivity index (χ2v) is 23.1. The first-order valence-electron chi connectivity index (χ1n) is 34.3. The number of hydrogen-bond acceptors (Lipinski definition) is 6. The largest absolute Gasteiger partial charge is 0.462 e. The number of rotatable bonds is 63. The van der Waals surface area contributed by atoms with Crippen molar-refractivity contribution in [3.63, 3.8) is 0 Å². The van der Waals surface area contributed by atoms with Crippen LogP contribution in [0.2, 0.25) is 0 Å². The molecular weight excluding hydrogens is 961 g/mol. The van der Waals surface area contributed by atoms with Crippen LogP contribution in [0.5, 0.6) is 0 Å². The molecule has 454 valence electrons. The molecule has 0 aliphatic carbocycles. The fraction of sp³-hybridized carbons (Fsp3) is 0.819. The Hall–Kier alpha value is -2.89. The summed E-state index contributed by atoms with van der Waals surface area (Å²) in [6.45, 7) is 6.53. The summed E-state index contributed by atoms with van der Waals surface area (Å²) in [6, 6.07) is 0. The molecule has 0 fully saturated rings. The fourth-order valence-electron chi connectivity index (χ4n) is 10.1. The van der Waals surface area contributed by atoms with E-state index in [9.17, 15) is 14.4 Å². The summed E-state index contributed by atoms with van der Waals surface area (Å²) >= 11 is 0. The van der Waals surface area contributed by atoms with Crippen LogP contribution in [-0.4, -0.2) is 37.2 Å². The van der Waals surface area contributed by atoms with E-state index in [2.05, 4.69) is 81.5 Å². The maximum absolute atomic E-state index is 12.9. The fourth-order valence-corrected chi connectivity index (χ4v) is 10.1. The van der Waals surface area contributed by atoms with E-state index in [1.165, 1.54) is 205 Å². The normalized spacial score (nSPS) is 12.4. The monoisotopic (exact) mass is 1090 g/mol. The molecule has 1 unspecified atom stereocenters. The zero-order chi connectivity index (χ0) is 56.4. The number of ether oxygens (including phenoxy) is 3. The van der Waals surface area contributed by atoms with Crippen molar-refractivity contribution >= 4 is 17.9 Å². The summed E-state index contributed by atoms with van der Waals surface area (Å²) in [5.41, 5.74) is 0. The second-order valence-electron chi connectivity index (χ2n) is 23.1. The SMILES string of the molecule is CC/C=C\C/C=C\C/C=C\CCCCCCCC(=O)OC(COC(=O)CCCCCCC/C=C\C/C=C\CCCCC)COC(=O)CCCCCCCCCCCCCCCCCCCCCCCCCCCCCCCC. The molecule has 0 saturated carbocycles. The third-order valence-corrected chi connectivity index (χ3v) is 15.3. The van der Waals surface area contributed by atoms with Gasteiger partial charge in [-0.25, -0.2) is 0 Å². The molecule has 6 heteroatoms. The molecule has 0 bridgehead atoms. The van der Waals surface area contributed by atoms with Gasteiger partial charge in [-0.05, 0) is 83.5 Å². The zero-order valence-electron chi connectivity index (χ0n) is 52.2. The van der Waals surface area contributed by atoms with E-state index in [1.54, 1.807) is 0 Å². The molecule has 0 aromatic carbocycles. The summed E-state index contributed by atoms with van der Waals surface area (Å²) in [6.07, 6.45) is 85.5. The van der Waals surface area contributed by atoms with Gasteiger partial charge in [0.15, 0.2) is 6.10 Å². The number of unbranched alkanes of at least 4 members (excludes halogenated alkanes) is 42. The standard InChI is InChI=1S/C72H130O6/c1-4-7-10-13-16-19-22-25-28-29-30-31-32-33-34-35-36-37-38-39-40-41-42-45-47-50-53-56-59-62-65-71(74)77-68-69(78-72(75)66-63-60-57-54-51-48-44-27-24-21-18-15-12-9-6-3)67-76-70(73)64-61-58-55-52-49-46-43-26-23-20-17-14-11-8-5-2/h9,12,17-18,20-21,26-27,43-44,69H,4-8,10-11,13-16,19,22-25,28-42,45-68H2,1-3H3/b12-9-,20-17-,21-18-,43-26-,44-27-. The predicted molar refractivity (Wildman–Crippen MR) is 339 cm³/mol. The van der Waals surface area contributed by atoms with Crippen LogP contribution in [0.25, 0.3) is 0 Å². The number of hydrogen-bond donors (Lipinski definition) is 0. The maximum Gasteiger partial charge on any atom is 0.306 e. The van der Waals surface area contributed by atoms with E-state index in [4.69, 9.17) is 14.2 Å². The third-order valence-electron chi connectivity index (χ3n) is 15.3. The Bertz CT molecular complexity index is 1390. The number of carbonyl (C=O) groups excluding carboxylic acids is 3. The van der Waals surface area contributed by atoms with E-state index in [0.717, 1.165) is 116 Å². The minimum atomic E-state index is -0.789. The van der Waals surface area contributed by atoms with Gasteiger partial charge in [0.1, 0.15) is 13.2 Å². The average Bonchev–Trinajstić information content (AvgIpc) is 3.44. The van der Waals surface area contributed by atoms with Crippen molar-refractivity contribution in [2.24, 2.45) is 0 Å². The Balaban J connectivity index is 4.18. The smallest absolute Gasteiger partial charge is 0.306 e. The molecule has 0 aliphatic heterocycles. The second kappa shape index (κ2) is 66.6. The van der Waals surface area contributed by atoms with Gasteiger partial charge in [-0.1, -0.05) is 319 Å². The van der Waals surface area contributed by atoms with Crippen LogP contribution < -0.4 is 0 Å². The Kier molecular flexibility index (Phi) is 64.2. The predicted octanol–water partition coefficient (Wildman–Crippen LogP) is 23.5. The van der Waals surface area contributed by atoms with Crippen LogP contribution in [0.4, 0.5) is 0 Å². The van der Waals surface area contributed by atoms with Gasteiger partial charge < -0.3 is 14.2 Å². The lowest BCUT2D eigenvalue weighted by Gasteiger charge is -2.18. The molecule has 0 aromatic heterocycles. The van der Waals surface area contributed by atoms with Crippen LogP contribution in [0, 0.1) is 0 Å². The van der Waals surface area contributed by atoms with E-state index in [0.29, 0.717) is 19.3 Å². The van der Waals surface area contributed by atoms with Crippen LogP contribution >= 0.6 is 0 Å². The molecule has 0 rings (SSSR count). The van der Waals surface area contributed by atoms with Crippen LogP contribution in [0.3, 0.4) is 0 Å². The quantitative estimate of drug-likeness (QED) is 0.0261. The van der Waals surface area contributed by atoms with Crippen molar-refractivity contribution in [1.82, 2.24) is 0 Å². The minimum Gasteiger partial charge on any atom is -0.462 e. The molecule has 1 atom stereocenters. The lowest BCUT2D eigenvalue weighted by atomic mass is 10.0. The summed E-state index contributed by atoms with van der Waals surface area (Å²) < 4.78 is 16.9. The van der Waals surface area contributed by atoms with Gasteiger partial charge in [0.2, 0.25) is 0 Å². The van der Waals surface area contributed by atoms with Crippen molar-refractivity contribution in [1.29, 1.82) is 0 Å². The highest BCUT2D eigenvalue weighted by Crippen LogP contribution is 2.18. The Morgan fingerprint density at radius 3 is 0.808 bits per heavy atom. The molecule has 0 aliphatic rings. The molecule has 78 heavy (non-hydrogen) atoms. The molecule has 0 spiro atoms. The Labute approximate surface area is 485 Å². The van der Waals surface area contributed by atoms with Crippen molar-refractivity contribution < 1.29 is 28.6 Å². The van der Waals surface area contributed by atoms with Crippen molar-refractivity contribution in [3.8, 4) is 0 Å². The molecular formula is C72H130O6. The van der Waals surface area contributed by atoms with Crippen molar-refractivity contribution in [3.05, 3.63) is 60.8 Å². The van der Waals surface area contributed by atoms with Gasteiger partial charge in [0, 0.05) is 19.3 Å². The molecule has 0 heterocycles. The number of allylic oxidation sites excluding steroid dienone is 10. The van der Waals surface area contributed by atoms with E-state index >= 15 is 0 Å². The number of esters is 3. The van der Waals surface area contributed by atoms with Gasteiger partial charge in [0.05, 0.1) is 0 Å². The molecule has 0 N–H and O–H groups in total.